The lowest BCUT2D eigenvalue weighted by molar-refractivity contribution is 0.923. The van der Waals surface area contributed by atoms with E-state index < -0.39 is 0 Å². The lowest BCUT2D eigenvalue weighted by atomic mass is 10.1. The highest BCUT2D eigenvalue weighted by molar-refractivity contribution is 5.83. The molecule has 2 N–H and O–H groups in total. The largest absolute Gasteiger partial charge is 0.384 e. The van der Waals surface area contributed by atoms with Crippen LogP contribution in [0.3, 0.4) is 0 Å². The Kier molecular flexibility index (Phi) is 1.56. The zero-order chi connectivity index (χ0) is 6.85. The minimum atomic E-state index is 0.721. The molecule has 0 aliphatic carbocycles. The van der Waals surface area contributed by atoms with E-state index in [1.165, 1.54) is 5.57 Å². The summed E-state index contributed by atoms with van der Waals surface area (Å²) in [6, 6.07) is 0. The molecule has 0 saturated heterocycles. The number of hydrogen-bond acceptors (Lipinski definition) is 2. The van der Waals surface area contributed by atoms with Crippen LogP contribution < -0.4 is 5.73 Å². The summed E-state index contributed by atoms with van der Waals surface area (Å²) in [5.74, 6) is 0.721. The zero-order valence-corrected chi connectivity index (χ0v) is 5.94. The minimum Gasteiger partial charge on any atom is -0.384 e. The lowest BCUT2D eigenvalue weighted by Crippen LogP contribution is -2.07. The van der Waals surface area contributed by atoms with Crippen LogP contribution in [0.5, 0.6) is 0 Å². The number of allylic oxidation sites excluding steroid dienone is 1. The van der Waals surface area contributed by atoms with Gasteiger partial charge in [0.2, 0.25) is 0 Å². The molecular weight excluding hydrogens is 112 g/mol. The SMILES string of the molecule is CC1=NC(N)=C(C)CC1. The van der Waals surface area contributed by atoms with Crippen molar-refractivity contribution in [2.75, 3.05) is 0 Å². The normalized spacial score (nSPS) is 20.0. The lowest BCUT2D eigenvalue weighted by Gasteiger charge is -2.09. The summed E-state index contributed by atoms with van der Waals surface area (Å²) in [4.78, 5) is 4.14. The van der Waals surface area contributed by atoms with Crippen LogP contribution in [0.2, 0.25) is 0 Å². The average molecular weight is 124 g/mol. The summed E-state index contributed by atoms with van der Waals surface area (Å²) in [5, 5.41) is 0. The van der Waals surface area contributed by atoms with Gasteiger partial charge < -0.3 is 5.73 Å². The molecule has 0 aromatic heterocycles. The summed E-state index contributed by atoms with van der Waals surface area (Å²) in [5.41, 5.74) is 7.93. The third kappa shape index (κ3) is 1.31. The fourth-order valence-electron chi connectivity index (χ4n) is 0.853. The maximum Gasteiger partial charge on any atom is 0.122 e. The standard InChI is InChI=1S/C7H12N2/c1-5-3-4-6(2)9-7(5)8/h3-4,8H2,1-2H3. The molecule has 0 unspecified atom stereocenters. The number of aliphatic imine (C=N–C) groups is 1. The molecule has 1 rings (SSSR count). The molecule has 0 aromatic rings. The highest BCUT2D eigenvalue weighted by Crippen LogP contribution is 2.14. The van der Waals surface area contributed by atoms with Crippen molar-refractivity contribution in [2.45, 2.75) is 26.7 Å². The second-order valence-electron chi connectivity index (χ2n) is 2.51. The second kappa shape index (κ2) is 2.21. The Balaban J connectivity index is 2.83. The molecule has 0 saturated carbocycles. The highest BCUT2D eigenvalue weighted by Gasteiger charge is 2.04. The Morgan fingerprint density at radius 2 is 2.00 bits per heavy atom. The van der Waals surface area contributed by atoms with Crippen molar-refractivity contribution in [1.82, 2.24) is 0 Å². The predicted octanol–water partition coefficient (Wildman–Crippen LogP) is 1.43. The molecule has 0 bridgehead atoms. The molecule has 0 fully saturated rings. The molecule has 0 atom stereocenters. The topological polar surface area (TPSA) is 38.4 Å². The van der Waals surface area contributed by atoms with Crippen LogP contribution in [-0.4, -0.2) is 5.71 Å². The van der Waals surface area contributed by atoms with E-state index in [2.05, 4.69) is 4.99 Å². The van der Waals surface area contributed by atoms with Gasteiger partial charge in [-0.2, -0.15) is 0 Å². The fraction of sp³-hybridized carbons (Fsp3) is 0.571. The number of hydrogen-bond donors (Lipinski definition) is 1. The van der Waals surface area contributed by atoms with Gasteiger partial charge in [-0.1, -0.05) is 0 Å². The van der Waals surface area contributed by atoms with E-state index in [1.54, 1.807) is 0 Å². The quantitative estimate of drug-likeness (QED) is 0.521. The van der Waals surface area contributed by atoms with Gasteiger partial charge in [-0.3, -0.25) is 0 Å². The first kappa shape index (κ1) is 6.33. The van der Waals surface area contributed by atoms with E-state index in [0.29, 0.717) is 0 Å². The first-order valence-electron chi connectivity index (χ1n) is 3.19. The fourth-order valence-corrected chi connectivity index (χ4v) is 0.853. The van der Waals surface area contributed by atoms with Crippen molar-refractivity contribution in [2.24, 2.45) is 10.7 Å². The summed E-state index contributed by atoms with van der Waals surface area (Å²) in [6.45, 7) is 4.05. The van der Waals surface area contributed by atoms with Crippen LogP contribution >= 0.6 is 0 Å². The van der Waals surface area contributed by atoms with Crippen molar-refractivity contribution >= 4 is 5.71 Å². The van der Waals surface area contributed by atoms with E-state index in [0.717, 1.165) is 24.4 Å². The molecule has 1 aliphatic rings. The van der Waals surface area contributed by atoms with Crippen LogP contribution in [-0.2, 0) is 0 Å². The van der Waals surface area contributed by atoms with Gasteiger partial charge in [0.1, 0.15) is 5.82 Å². The monoisotopic (exact) mass is 124 g/mol. The number of rotatable bonds is 0. The van der Waals surface area contributed by atoms with Gasteiger partial charge in [0.25, 0.3) is 0 Å². The third-order valence-electron chi connectivity index (χ3n) is 1.61. The predicted molar refractivity (Wildman–Crippen MR) is 39.2 cm³/mol. The average Bonchev–Trinajstić information content (AvgIpc) is 1.80. The molecule has 0 spiro atoms. The highest BCUT2D eigenvalue weighted by atomic mass is 14.9. The van der Waals surface area contributed by atoms with Crippen LogP contribution in [0, 0.1) is 0 Å². The van der Waals surface area contributed by atoms with Gasteiger partial charge in [-0.05, 0) is 32.3 Å². The molecule has 0 aromatic carbocycles. The molecule has 9 heavy (non-hydrogen) atoms. The molecule has 0 radical (unpaired) electrons. The Labute approximate surface area is 55.5 Å². The van der Waals surface area contributed by atoms with Crippen LogP contribution in [0.4, 0.5) is 0 Å². The third-order valence-corrected chi connectivity index (χ3v) is 1.61. The smallest absolute Gasteiger partial charge is 0.122 e. The van der Waals surface area contributed by atoms with E-state index in [1.807, 2.05) is 13.8 Å². The van der Waals surface area contributed by atoms with Gasteiger partial charge in [-0.15, -0.1) is 0 Å². The Hall–Kier alpha value is -0.790. The van der Waals surface area contributed by atoms with E-state index in [4.69, 9.17) is 5.73 Å². The first-order valence-corrected chi connectivity index (χ1v) is 3.19. The molecule has 1 heterocycles. The van der Waals surface area contributed by atoms with Gasteiger partial charge in [0, 0.05) is 5.71 Å². The molecular formula is C7H12N2. The first-order chi connectivity index (χ1) is 4.20. The van der Waals surface area contributed by atoms with Gasteiger partial charge in [0.05, 0.1) is 0 Å². The molecule has 50 valence electrons. The van der Waals surface area contributed by atoms with Crippen molar-refractivity contribution in [3.05, 3.63) is 11.4 Å². The second-order valence-corrected chi connectivity index (χ2v) is 2.51. The Morgan fingerprint density at radius 1 is 1.33 bits per heavy atom. The maximum atomic E-state index is 5.56. The van der Waals surface area contributed by atoms with Crippen LogP contribution in [0.25, 0.3) is 0 Å². The Morgan fingerprint density at radius 3 is 2.44 bits per heavy atom. The van der Waals surface area contributed by atoms with Crippen molar-refractivity contribution in [3.8, 4) is 0 Å². The molecule has 2 heteroatoms. The maximum absolute atomic E-state index is 5.56. The number of nitrogens with two attached hydrogens (primary N) is 1. The molecule has 1 aliphatic heterocycles. The summed E-state index contributed by atoms with van der Waals surface area (Å²) in [6.07, 6.45) is 2.16. The molecule has 2 nitrogen and oxygen atoms in total. The Bertz CT molecular complexity index is 177. The van der Waals surface area contributed by atoms with Crippen molar-refractivity contribution in [3.63, 3.8) is 0 Å². The van der Waals surface area contributed by atoms with Gasteiger partial charge >= 0.3 is 0 Å². The van der Waals surface area contributed by atoms with E-state index in [9.17, 15) is 0 Å². The minimum absolute atomic E-state index is 0.721. The van der Waals surface area contributed by atoms with Crippen molar-refractivity contribution in [1.29, 1.82) is 0 Å². The van der Waals surface area contributed by atoms with Gasteiger partial charge in [-0.25, -0.2) is 4.99 Å². The van der Waals surface area contributed by atoms with Crippen molar-refractivity contribution < 1.29 is 0 Å². The van der Waals surface area contributed by atoms with E-state index in [-0.39, 0.29) is 0 Å². The van der Waals surface area contributed by atoms with E-state index >= 15 is 0 Å². The van der Waals surface area contributed by atoms with Crippen LogP contribution in [0.1, 0.15) is 26.7 Å². The summed E-state index contributed by atoms with van der Waals surface area (Å²) in [7, 11) is 0. The summed E-state index contributed by atoms with van der Waals surface area (Å²) >= 11 is 0. The number of nitrogens with zero attached hydrogens (tertiary/aromatic N) is 1. The zero-order valence-electron chi connectivity index (χ0n) is 5.94. The van der Waals surface area contributed by atoms with Gasteiger partial charge in [0.15, 0.2) is 0 Å². The summed E-state index contributed by atoms with van der Waals surface area (Å²) < 4.78 is 0. The van der Waals surface area contributed by atoms with Crippen LogP contribution in [0.15, 0.2) is 16.4 Å². The molecule has 0 amide bonds.